The van der Waals surface area contributed by atoms with Crippen LogP contribution in [0.25, 0.3) is 0 Å². The summed E-state index contributed by atoms with van der Waals surface area (Å²) in [6, 6.07) is 18.8. The van der Waals surface area contributed by atoms with Gasteiger partial charge in [0, 0.05) is 29.8 Å². The Morgan fingerprint density at radius 2 is 1.72 bits per heavy atom. The first-order valence-electron chi connectivity index (χ1n) is 10.3. The van der Waals surface area contributed by atoms with Crippen LogP contribution in [0.1, 0.15) is 40.9 Å². The second-order valence-corrected chi connectivity index (χ2v) is 7.30. The maximum atomic E-state index is 13.1. The number of non-ortho nitro benzene ring substituents is 1. The lowest BCUT2D eigenvalue weighted by Crippen LogP contribution is -2.16. The van der Waals surface area contributed by atoms with Gasteiger partial charge in [-0.1, -0.05) is 31.2 Å². The van der Waals surface area contributed by atoms with Crippen LogP contribution >= 0.6 is 0 Å². The van der Waals surface area contributed by atoms with Crippen molar-refractivity contribution < 1.29 is 19.2 Å². The monoisotopic (exact) mass is 434 g/mol. The minimum atomic E-state index is -0.456. The summed E-state index contributed by atoms with van der Waals surface area (Å²) in [4.78, 5) is 24.0. The Balaban J connectivity index is 1.91. The van der Waals surface area contributed by atoms with Crippen LogP contribution in [0.15, 0.2) is 66.7 Å². The molecule has 3 aromatic rings. The van der Waals surface area contributed by atoms with Crippen LogP contribution in [0.5, 0.6) is 11.5 Å². The van der Waals surface area contributed by atoms with E-state index < -0.39 is 11.0 Å². The smallest absolute Gasteiger partial charge is 0.269 e. The zero-order chi connectivity index (χ0) is 23.1. The molecule has 0 aromatic heterocycles. The number of carbonyl (C=O) groups is 1. The Morgan fingerprint density at radius 1 is 1.00 bits per heavy atom. The van der Waals surface area contributed by atoms with Crippen LogP contribution in [0.2, 0.25) is 0 Å². The number of hydrogen-bond acceptors (Lipinski definition) is 6. The zero-order valence-corrected chi connectivity index (χ0v) is 18.3. The number of nitro benzene ring substituents is 1. The van der Waals surface area contributed by atoms with Crippen LogP contribution in [0.3, 0.4) is 0 Å². The Labute approximate surface area is 187 Å². The van der Waals surface area contributed by atoms with Crippen molar-refractivity contribution in [2.75, 3.05) is 19.5 Å². The Bertz CT molecular complexity index is 1100. The Hall–Kier alpha value is -3.87. The van der Waals surface area contributed by atoms with Crippen LogP contribution in [0.4, 0.5) is 11.4 Å². The molecule has 1 N–H and O–H groups in total. The molecule has 0 aliphatic heterocycles. The predicted octanol–water partition coefficient (Wildman–Crippen LogP) is 5.60. The van der Waals surface area contributed by atoms with E-state index in [0.717, 1.165) is 12.1 Å². The summed E-state index contributed by atoms with van der Waals surface area (Å²) < 4.78 is 10.6. The molecule has 0 radical (unpaired) electrons. The molecular formula is C25H26N2O5. The number of hydrogen-bond donors (Lipinski definition) is 1. The molecule has 166 valence electrons. The number of anilines is 1. The molecule has 0 spiro atoms. The first-order chi connectivity index (χ1) is 15.4. The molecule has 3 rings (SSSR count). The molecule has 0 amide bonds. The van der Waals surface area contributed by atoms with Crippen molar-refractivity contribution in [3.8, 4) is 11.5 Å². The molecule has 0 saturated heterocycles. The number of Topliss-reactive ketones (excluding diaryl/α,β-unsaturated/α-hetero) is 1. The molecule has 0 heterocycles. The van der Waals surface area contributed by atoms with Gasteiger partial charge < -0.3 is 14.8 Å². The second kappa shape index (κ2) is 10.4. The minimum absolute atomic E-state index is 0.0193. The van der Waals surface area contributed by atoms with E-state index in [1.165, 1.54) is 31.9 Å². The zero-order valence-electron chi connectivity index (χ0n) is 18.3. The van der Waals surface area contributed by atoms with Crippen LogP contribution in [-0.4, -0.2) is 24.9 Å². The van der Waals surface area contributed by atoms with Crippen molar-refractivity contribution in [3.05, 3.63) is 93.5 Å². The van der Waals surface area contributed by atoms with E-state index in [1.807, 2.05) is 24.3 Å². The first kappa shape index (κ1) is 22.8. The molecule has 1 atom stereocenters. The highest BCUT2D eigenvalue weighted by atomic mass is 16.6. The van der Waals surface area contributed by atoms with E-state index in [2.05, 4.69) is 12.2 Å². The fourth-order valence-electron chi connectivity index (χ4n) is 3.46. The van der Waals surface area contributed by atoms with Gasteiger partial charge in [0.1, 0.15) is 0 Å². The van der Waals surface area contributed by atoms with Gasteiger partial charge in [0.2, 0.25) is 0 Å². The molecule has 7 heteroatoms. The van der Waals surface area contributed by atoms with Crippen molar-refractivity contribution in [3.63, 3.8) is 0 Å². The number of nitro groups is 1. The maximum Gasteiger partial charge on any atom is 0.269 e. The van der Waals surface area contributed by atoms with Gasteiger partial charge in [-0.3, -0.25) is 14.9 Å². The van der Waals surface area contributed by atoms with Crippen molar-refractivity contribution in [1.82, 2.24) is 0 Å². The summed E-state index contributed by atoms with van der Waals surface area (Å²) in [7, 11) is 3.05. The van der Waals surface area contributed by atoms with Crippen molar-refractivity contribution >= 4 is 17.2 Å². The fraction of sp³-hybridized carbons (Fsp3) is 0.240. The van der Waals surface area contributed by atoms with Gasteiger partial charge >= 0.3 is 0 Å². The third kappa shape index (κ3) is 5.43. The van der Waals surface area contributed by atoms with E-state index in [4.69, 9.17) is 9.47 Å². The van der Waals surface area contributed by atoms with Gasteiger partial charge in [0.15, 0.2) is 17.3 Å². The van der Waals surface area contributed by atoms with Crippen LogP contribution in [-0.2, 0) is 6.42 Å². The minimum Gasteiger partial charge on any atom is -0.493 e. The molecule has 1 unspecified atom stereocenters. The summed E-state index contributed by atoms with van der Waals surface area (Å²) in [6.45, 7) is 2.08. The van der Waals surface area contributed by atoms with Crippen LogP contribution in [0, 0.1) is 10.1 Å². The summed E-state index contributed by atoms with van der Waals surface area (Å²) in [5.41, 5.74) is 3.14. The number of benzene rings is 3. The SMILES string of the molecule is CCc1ccc(NC(CC(=O)c2ccc(OC)c(OC)c2)c2cccc([N+](=O)[O-])c2)cc1. The lowest BCUT2D eigenvalue weighted by molar-refractivity contribution is -0.384. The summed E-state index contributed by atoms with van der Waals surface area (Å²) in [6.07, 6.45) is 1.03. The third-order valence-electron chi connectivity index (χ3n) is 5.28. The average molecular weight is 434 g/mol. The summed E-state index contributed by atoms with van der Waals surface area (Å²) in [5, 5.41) is 14.6. The number of ether oxygens (including phenoxy) is 2. The number of aryl methyl sites for hydroxylation is 1. The maximum absolute atomic E-state index is 13.1. The second-order valence-electron chi connectivity index (χ2n) is 7.30. The summed E-state index contributed by atoms with van der Waals surface area (Å²) in [5.74, 6) is 0.877. The van der Waals surface area contributed by atoms with E-state index in [-0.39, 0.29) is 17.9 Å². The van der Waals surface area contributed by atoms with Gasteiger partial charge in [-0.25, -0.2) is 0 Å². The highest BCUT2D eigenvalue weighted by molar-refractivity contribution is 5.97. The fourth-order valence-corrected chi connectivity index (χ4v) is 3.46. The molecular weight excluding hydrogens is 408 g/mol. The van der Waals surface area contributed by atoms with Crippen molar-refractivity contribution in [2.24, 2.45) is 0 Å². The largest absolute Gasteiger partial charge is 0.493 e. The quantitative estimate of drug-likeness (QED) is 0.254. The number of rotatable bonds is 10. The molecule has 32 heavy (non-hydrogen) atoms. The molecule has 7 nitrogen and oxygen atoms in total. The van der Waals surface area contributed by atoms with Gasteiger partial charge in [-0.2, -0.15) is 0 Å². The van der Waals surface area contributed by atoms with Crippen molar-refractivity contribution in [1.29, 1.82) is 0 Å². The van der Waals surface area contributed by atoms with Gasteiger partial charge in [0.05, 0.1) is 25.2 Å². The van der Waals surface area contributed by atoms with Gasteiger partial charge in [0.25, 0.3) is 5.69 Å². The van der Waals surface area contributed by atoms with E-state index >= 15 is 0 Å². The average Bonchev–Trinajstić information content (AvgIpc) is 2.83. The van der Waals surface area contributed by atoms with Crippen LogP contribution < -0.4 is 14.8 Å². The lowest BCUT2D eigenvalue weighted by atomic mass is 9.96. The first-order valence-corrected chi connectivity index (χ1v) is 10.3. The highest BCUT2D eigenvalue weighted by Gasteiger charge is 2.20. The van der Waals surface area contributed by atoms with Crippen molar-refractivity contribution in [2.45, 2.75) is 25.8 Å². The van der Waals surface area contributed by atoms with E-state index in [9.17, 15) is 14.9 Å². The summed E-state index contributed by atoms with van der Waals surface area (Å²) >= 11 is 0. The van der Waals surface area contributed by atoms with Gasteiger partial charge in [-0.05, 0) is 47.9 Å². The number of nitrogens with one attached hydrogen (secondary N) is 1. The third-order valence-corrected chi connectivity index (χ3v) is 5.28. The lowest BCUT2D eigenvalue weighted by Gasteiger charge is -2.20. The van der Waals surface area contributed by atoms with E-state index in [1.54, 1.807) is 30.3 Å². The predicted molar refractivity (Wildman–Crippen MR) is 124 cm³/mol. The Morgan fingerprint density at radius 3 is 2.34 bits per heavy atom. The number of ketones is 1. The Kier molecular flexibility index (Phi) is 7.44. The topological polar surface area (TPSA) is 90.7 Å². The number of nitrogens with zero attached hydrogens (tertiary/aromatic N) is 1. The highest BCUT2D eigenvalue weighted by Crippen LogP contribution is 2.31. The molecule has 0 aliphatic rings. The molecule has 0 aliphatic carbocycles. The number of carbonyl (C=O) groups excluding carboxylic acids is 1. The molecule has 0 fully saturated rings. The van der Waals surface area contributed by atoms with E-state index in [0.29, 0.717) is 22.6 Å². The van der Waals surface area contributed by atoms with Gasteiger partial charge in [-0.15, -0.1) is 0 Å². The normalized spacial score (nSPS) is 11.5. The molecule has 0 saturated carbocycles. The molecule has 0 bridgehead atoms. The number of methoxy groups -OCH3 is 2. The standard InChI is InChI=1S/C25H26N2O5/c1-4-17-8-11-20(12-9-17)26-22(18-6-5-7-21(14-18)27(29)30)16-23(28)19-10-13-24(31-2)25(15-19)32-3/h5-15,22,26H,4,16H2,1-3H3. The molecule has 3 aromatic carbocycles.